The van der Waals surface area contributed by atoms with E-state index in [2.05, 4.69) is 35.4 Å². The summed E-state index contributed by atoms with van der Waals surface area (Å²) in [6.45, 7) is 9.90. The van der Waals surface area contributed by atoms with E-state index in [0.717, 1.165) is 17.4 Å². The number of aromatic nitrogens is 5. The minimum absolute atomic E-state index is 0.0206. The molecule has 1 amide bonds. The molecule has 3 heterocycles. The summed E-state index contributed by atoms with van der Waals surface area (Å²) in [6.07, 6.45) is 4.16. The second-order valence-corrected chi connectivity index (χ2v) is 16.7. The minimum atomic E-state index is -1.20. The van der Waals surface area contributed by atoms with Crippen molar-refractivity contribution in [3.8, 4) is 0 Å². The molecule has 36 heavy (non-hydrogen) atoms. The molecule has 0 spiro atoms. The van der Waals surface area contributed by atoms with E-state index in [-0.39, 0.29) is 12.1 Å². The maximum atomic E-state index is 11.3. The number of ether oxygens (including phenoxy) is 1. The topological polar surface area (TPSA) is 122 Å². The van der Waals surface area contributed by atoms with Crippen molar-refractivity contribution in [2.75, 3.05) is 24.3 Å². The van der Waals surface area contributed by atoms with Gasteiger partial charge < -0.3 is 29.9 Å². The molecule has 11 nitrogen and oxygen atoms in total. The quantitative estimate of drug-likeness (QED) is 0.252. The zero-order valence-electron chi connectivity index (χ0n) is 21.7. The first-order chi connectivity index (χ1) is 16.9. The molecule has 0 bridgehead atoms. The summed E-state index contributed by atoms with van der Waals surface area (Å²) >= 11 is 6.67. The molecule has 0 aliphatic heterocycles. The van der Waals surface area contributed by atoms with Crippen LogP contribution in [0.15, 0.2) is 12.4 Å². The largest absolute Gasteiger partial charge is 0.465 e. The van der Waals surface area contributed by atoms with E-state index < -0.39 is 14.2 Å². The van der Waals surface area contributed by atoms with Gasteiger partial charge in [-0.3, -0.25) is 4.68 Å². The molecule has 4 rings (SSSR count). The highest BCUT2D eigenvalue weighted by Gasteiger charge is 2.35. The predicted octanol–water partition coefficient (Wildman–Crippen LogP) is 4.74. The lowest BCUT2D eigenvalue weighted by atomic mass is 9.86. The average molecular weight is 535 g/mol. The van der Waals surface area contributed by atoms with Crippen molar-refractivity contribution in [3.63, 3.8) is 0 Å². The van der Waals surface area contributed by atoms with Crippen LogP contribution in [0.4, 0.5) is 22.2 Å². The summed E-state index contributed by atoms with van der Waals surface area (Å²) in [5.74, 6) is 1.02. The Morgan fingerprint density at radius 1 is 1.31 bits per heavy atom. The summed E-state index contributed by atoms with van der Waals surface area (Å²) < 4.78 is 9.61. The van der Waals surface area contributed by atoms with Crippen molar-refractivity contribution in [1.82, 2.24) is 29.2 Å². The van der Waals surface area contributed by atoms with E-state index in [1.54, 1.807) is 11.7 Å². The number of halogens is 1. The monoisotopic (exact) mass is 534 g/mol. The zero-order chi connectivity index (χ0) is 26.2. The number of anilines is 3. The van der Waals surface area contributed by atoms with Crippen LogP contribution in [0.2, 0.25) is 30.7 Å². The van der Waals surface area contributed by atoms with Crippen LogP contribution in [0.1, 0.15) is 18.5 Å². The third-order valence-electron chi connectivity index (χ3n) is 6.46. The number of carboxylic acid groups (broad SMARTS) is 1. The number of nitrogens with zero attached hydrogens (tertiary/aromatic N) is 6. The fourth-order valence-electron chi connectivity index (χ4n) is 4.15. The van der Waals surface area contributed by atoms with Crippen LogP contribution in [-0.2, 0) is 18.5 Å². The molecule has 1 aliphatic rings. The molecule has 0 radical (unpaired) electrons. The lowest BCUT2D eigenvalue weighted by Crippen LogP contribution is -2.50. The van der Waals surface area contributed by atoms with Gasteiger partial charge in [0.2, 0.25) is 5.95 Å². The Hall–Kier alpha value is -2.83. The van der Waals surface area contributed by atoms with Crippen LogP contribution in [0.5, 0.6) is 0 Å². The predicted molar refractivity (Wildman–Crippen MR) is 144 cm³/mol. The average Bonchev–Trinajstić information content (AvgIpc) is 3.24. The summed E-state index contributed by atoms with van der Waals surface area (Å²) in [6, 6.07) is 1.13. The number of aryl methyl sites for hydroxylation is 2. The van der Waals surface area contributed by atoms with E-state index in [1.807, 2.05) is 30.9 Å². The van der Waals surface area contributed by atoms with Crippen molar-refractivity contribution in [2.24, 2.45) is 7.05 Å². The van der Waals surface area contributed by atoms with Gasteiger partial charge in [0.15, 0.2) is 5.65 Å². The zero-order valence-corrected chi connectivity index (χ0v) is 23.4. The van der Waals surface area contributed by atoms with E-state index in [0.29, 0.717) is 54.0 Å². The molecular formula is C23H35ClN8O3Si. The first kappa shape index (κ1) is 26.2. The Kier molecular flexibility index (Phi) is 7.48. The Morgan fingerprint density at radius 3 is 2.64 bits per heavy atom. The molecule has 0 atom stereocenters. The first-order valence-electron chi connectivity index (χ1n) is 12.0. The van der Waals surface area contributed by atoms with Gasteiger partial charge in [0.1, 0.15) is 12.5 Å². The highest BCUT2D eigenvalue weighted by Crippen LogP contribution is 2.35. The smallest absolute Gasteiger partial charge is 0.407 e. The van der Waals surface area contributed by atoms with Gasteiger partial charge >= 0.3 is 6.09 Å². The molecule has 1 aliphatic carbocycles. The van der Waals surface area contributed by atoms with Crippen LogP contribution in [0, 0.1) is 6.92 Å². The van der Waals surface area contributed by atoms with E-state index >= 15 is 0 Å². The number of hydrogen-bond acceptors (Lipinski definition) is 7. The van der Waals surface area contributed by atoms with E-state index in [9.17, 15) is 9.90 Å². The Labute approximate surface area is 216 Å². The van der Waals surface area contributed by atoms with Crippen molar-refractivity contribution in [2.45, 2.75) is 64.3 Å². The highest BCUT2D eigenvalue weighted by molar-refractivity contribution is 6.76. The number of nitrogens with one attached hydrogen (secondary N) is 2. The first-order valence-corrected chi connectivity index (χ1v) is 16.1. The van der Waals surface area contributed by atoms with Gasteiger partial charge in [0, 0.05) is 53.3 Å². The number of carbonyl (C=O) groups is 1. The molecule has 3 aromatic heterocycles. The maximum absolute atomic E-state index is 11.3. The fraction of sp³-hybridized carbons (Fsp3) is 0.565. The maximum Gasteiger partial charge on any atom is 0.407 e. The minimum Gasteiger partial charge on any atom is -0.465 e. The van der Waals surface area contributed by atoms with Crippen molar-refractivity contribution in [1.29, 1.82) is 0 Å². The van der Waals surface area contributed by atoms with Gasteiger partial charge in [-0.15, -0.1) is 0 Å². The fourth-order valence-corrected chi connectivity index (χ4v) is 5.20. The van der Waals surface area contributed by atoms with E-state index in [4.69, 9.17) is 26.3 Å². The van der Waals surface area contributed by atoms with Gasteiger partial charge in [0.05, 0.1) is 21.8 Å². The van der Waals surface area contributed by atoms with Crippen molar-refractivity contribution < 1.29 is 14.6 Å². The number of fused-ring (bicyclic) bond motifs is 1. The molecule has 0 aromatic carbocycles. The standard InChI is InChI=1S/C23H35ClN8O3Si/c1-14-18(12-30(2)29-14)26-22-27-20(25-15-9-16(10-15)31(3)23(33)34)19-17(24)11-32(21(19)28-22)13-35-7-8-36(4,5)6/h11-12,15-16H,7-10,13H2,1-6H3,(H,33,34)(H2,25,26,27,28). The van der Waals surface area contributed by atoms with Crippen LogP contribution >= 0.6 is 11.6 Å². The van der Waals surface area contributed by atoms with Gasteiger partial charge in [-0.1, -0.05) is 31.2 Å². The Balaban J connectivity index is 1.61. The van der Waals surface area contributed by atoms with Crippen molar-refractivity contribution >= 4 is 54.3 Å². The molecule has 196 valence electrons. The number of amides is 1. The molecule has 3 N–H and O–H groups in total. The molecule has 0 unspecified atom stereocenters. The van der Waals surface area contributed by atoms with Gasteiger partial charge in [-0.2, -0.15) is 15.1 Å². The third-order valence-corrected chi connectivity index (χ3v) is 8.45. The molecule has 3 aromatic rings. The van der Waals surface area contributed by atoms with Crippen LogP contribution < -0.4 is 10.6 Å². The molecule has 0 saturated heterocycles. The molecule has 13 heteroatoms. The lowest BCUT2D eigenvalue weighted by molar-refractivity contribution is 0.0899. The summed E-state index contributed by atoms with van der Waals surface area (Å²) in [5.41, 5.74) is 2.30. The summed E-state index contributed by atoms with van der Waals surface area (Å²) in [4.78, 5) is 22.1. The second-order valence-electron chi connectivity index (χ2n) is 10.7. The highest BCUT2D eigenvalue weighted by atomic mass is 35.5. The number of hydrogen-bond donors (Lipinski definition) is 3. The van der Waals surface area contributed by atoms with Gasteiger partial charge in [-0.25, -0.2) is 4.79 Å². The van der Waals surface area contributed by atoms with Gasteiger partial charge in [0.25, 0.3) is 0 Å². The second kappa shape index (κ2) is 10.3. The van der Waals surface area contributed by atoms with Gasteiger partial charge in [-0.05, 0) is 25.8 Å². The lowest BCUT2D eigenvalue weighted by Gasteiger charge is -2.40. The van der Waals surface area contributed by atoms with E-state index in [1.165, 1.54) is 4.90 Å². The molecule has 1 fully saturated rings. The SMILES string of the molecule is Cc1nn(C)cc1Nc1nc(NC2CC(N(C)C(=O)O)C2)c2c(Cl)cn(COCC[Si](C)(C)C)c2n1. The van der Waals surface area contributed by atoms with Crippen LogP contribution in [-0.4, -0.2) is 74.2 Å². The number of rotatable bonds is 10. The van der Waals surface area contributed by atoms with Crippen LogP contribution in [0.25, 0.3) is 11.0 Å². The molecule has 1 saturated carbocycles. The van der Waals surface area contributed by atoms with Crippen molar-refractivity contribution in [3.05, 3.63) is 23.1 Å². The summed E-state index contributed by atoms with van der Waals surface area (Å²) in [5, 5.41) is 21.6. The summed E-state index contributed by atoms with van der Waals surface area (Å²) in [7, 11) is 2.26. The normalized spacial score (nSPS) is 17.8. The Morgan fingerprint density at radius 2 is 2.03 bits per heavy atom. The van der Waals surface area contributed by atoms with Crippen LogP contribution in [0.3, 0.4) is 0 Å². The third kappa shape index (κ3) is 5.93. The molecular weight excluding hydrogens is 500 g/mol. The Bertz CT molecular complexity index is 1250.